The number of nitrogens with zero attached hydrogens (tertiary/aromatic N) is 4. The molecule has 160 valence electrons. The zero-order valence-electron chi connectivity index (χ0n) is 17.8. The van der Waals surface area contributed by atoms with Gasteiger partial charge in [0.05, 0.1) is 11.2 Å². The molecule has 0 unspecified atom stereocenters. The van der Waals surface area contributed by atoms with E-state index in [1.165, 1.54) is 0 Å². The number of amides is 2. The first-order chi connectivity index (χ1) is 14.9. The zero-order valence-corrected chi connectivity index (χ0v) is 17.8. The van der Waals surface area contributed by atoms with E-state index in [1.807, 2.05) is 42.9 Å². The summed E-state index contributed by atoms with van der Waals surface area (Å²) in [6.07, 6.45) is 1.09. The van der Waals surface area contributed by atoms with Crippen molar-refractivity contribution in [2.24, 2.45) is 7.05 Å². The van der Waals surface area contributed by atoms with Crippen molar-refractivity contribution in [3.8, 4) is 11.1 Å². The summed E-state index contributed by atoms with van der Waals surface area (Å²) in [7, 11) is 1.94. The fourth-order valence-corrected chi connectivity index (χ4v) is 4.35. The molecular weight excluding hydrogens is 392 g/mol. The van der Waals surface area contributed by atoms with Crippen LogP contribution in [0.25, 0.3) is 22.0 Å². The number of benzene rings is 2. The van der Waals surface area contributed by atoms with Gasteiger partial charge in [0.1, 0.15) is 5.60 Å². The summed E-state index contributed by atoms with van der Waals surface area (Å²) in [5, 5.41) is 15.6. The average molecular weight is 418 g/mol. The molecule has 2 fully saturated rings. The standard InChI is InChI=1S/C24H26N4O3/c1-16-20-15-19(7-8-21(20)26(2)25-16)17-3-5-18(6-4-17)22(29)27-11-13-28(14-12-27)23(30)24(31)9-10-24/h3-8,15,31H,9-14H2,1-2H3. The molecule has 1 saturated carbocycles. The molecule has 1 aliphatic heterocycles. The van der Waals surface area contributed by atoms with Crippen molar-refractivity contribution in [2.75, 3.05) is 26.2 Å². The van der Waals surface area contributed by atoms with E-state index in [0.29, 0.717) is 44.6 Å². The van der Waals surface area contributed by atoms with Gasteiger partial charge in [-0.05, 0) is 55.2 Å². The number of piperazine rings is 1. The molecule has 0 spiro atoms. The van der Waals surface area contributed by atoms with E-state index in [-0.39, 0.29) is 11.8 Å². The van der Waals surface area contributed by atoms with Crippen molar-refractivity contribution in [2.45, 2.75) is 25.4 Å². The molecule has 2 heterocycles. The van der Waals surface area contributed by atoms with Gasteiger partial charge >= 0.3 is 0 Å². The molecule has 7 nitrogen and oxygen atoms in total. The van der Waals surface area contributed by atoms with Gasteiger partial charge in [-0.15, -0.1) is 0 Å². The van der Waals surface area contributed by atoms with E-state index in [9.17, 15) is 14.7 Å². The van der Waals surface area contributed by atoms with Crippen LogP contribution in [0.1, 0.15) is 28.9 Å². The van der Waals surface area contributed by atoms with E-state index < -0.39 is 5.60 Å². The van der Waals surface area contributed by atoms with Gasteiger partial charge in [-0.3, -0.25) is 14.3 Å². The molecular formula is C24H26N4O3. The van der Waals surface area contributed by atoms with Crippen LogP contribution in [0, 0.1) is 6.92 Å². The maximum atomic E-state index is 12.9. The molecule has 0 atom stereocenters. The van der Waals surface area contributed by atoms with Gasteiger partial charge in [0.15, 0.2) is 0 Å². The van der Waals surface area contributed by atoms with E-state index in [1.54, 1.807) is 9.80 Å². The number of hydrogen-bond acceptors (Lipinski definition) is 4. The molecule has 5 rings (SSSR count). The summed E-state index contributed by atoms with van der Waals surface area (Å²) in [6, 6.07) is 14.0. The number of rotatable bonds is 3. The van der Waals surface area contributed by atoms with Crippen LogP contribution in [0.5, 0.6) is 0 Å². The van der Waals surface area contributed by atoms with Crippen molar-refractivity contribution in [1.29, 1.82) is 0 Å². The molecule has 0 bridgehead atoms. The van der Waals surface area contributed by atoms with Crippen LogP contribution in [0.2, 0.25) is 0 Å². The fraction of sp³-hybridized carbons (Fsp3) is 0.375. The summed E-state index contributed by atoms with van der Waals surface area (Å²) in [5.41, 5.74) is 3.74. The molecule has 2 aromatic carbocycles. The van der Waals surface area contributed by atoms with Crippen LogP contribution < -0.4 is 0 Å². The summed E-state index contributed by atoms with van der Waals surface area (Å²) < 4.78 is 1.88. The Bertz CT molecular complexity index is 1170. The van der Waals surface area contributed by atoms with Gasteiger partial charge in [0.2, 0.25) is 0 Å². The quantitative estimate of drug-likeness (QED) is 0.708. The molecule has 1 N–H and O–H groups in total. The molecule has 2 amide bonds. The lowest BCUT2D eigenvalue weighted by Crippen LogP contribution is -2.53. The van der Waals surface area contributed by atoms with Crippen LogP contribution in [0.3, 0.4) is 0 Å². The number of aryl methyl sites for hydroxylation is 2. The molecule has 1 aromatic heterocycles. The fourth-order valence-electron chi connectivity index (χ4n) is 4.35. The maximum absolute atomic E-state index is 12.9. The molecule has 0 radical (unpaired) electrons. The lowest BCUT2D eigenvalue weighted by Gasteiger charge is -2.35. The predicted octanol–water partition coefficient (Wildman–Crippen LogP) is 2.36. The second-order valence-corrected chi connectivity index (χ2v) is 8.63. The molecule has 1 saturated heterocycles. The summed E-state index contributed by atoms with van der Waals surface area (Å²) in [6.45, 7) is 3.91. The Morgan fingerprint density at radius 3 is 2.19 bits per heavy atom. The first kappa shape index (κ1) is 19.8. The largest absolute Gasteiger partial charge is 0.380 e. The van der Waals surface area contributed by atoms with Crippen molar-refractivity contribution < 1.29 is 14.7 Å². The smallest absolute Gasteiger partial charge is 0.254 e. The SMILES string of the molecule is Cc1nn(C)c2ccc(-c3ccc(C(=O)N4CCN(C(=O)C5(O)CC5)CC4)cc3)cc12. The number of aromatic nitrogens is 2. The van der Waals surface area contributed by atoms with Crippen molar-refractivity contribution in [1.82, 2.24) is 19.6 Å². The third-order valence-corrected chi connectivity index (χ3v) is 6.48. The molecule has 3 aromatic rings. The summed E-state index contributed by atoms with van der Waals surface area (Å²) in [5.74, 6) is -0.216. The number of aliphatic hydroxyl groups is 1. The van der Waals surface area contributed by atoms with E-state index in [4.69, 9.17) is 0 Å². The van der Waals surface area contributed by atoms with Crippen molar-refractivity contribution in [3.63, 3.8) is 0 Å². The first-order valence-electron chi connectivity index (χ1n) is 10.7. The van der Waals surface area contributed by atoms with Gasteiger partial charge in [0.25, 0.3) is 11.8 Å². The lowest BCUT2D eigenvalue weighted by molar-refractivity contribution is -0.143. The highest BCUT2D eigenvalue weighted by Gasteiger charge is 2.50. The normalized spacial score (nSPS) is 17.8. The van der Waals surface area contributed by atoms with Crippen LogP contribution in [-0.4, -0.2) is 68.3 Å². The van der Waals surface area contributed by atoms with Crippen LogP contribution in [0.4, 0.5) is 0 Å². The van der Waals surface area contributed by atoms with Crippen LogP contribution in [0.15, 0.2) is 42.5 Å². The Hall–Kier alpha value is -3.19. The number of fused-ring (bicyclic) bond motifs is 1. The third kappa shape index (κ3) is 3.49. The topological polar surface area (TPSA) is 78.7 Å². The van der Waals surface area contributed by atoms with Gasteiger partial charge in [-0.25, -0.2) is 0 Å². The maximum Gasteiger partial charge on any atom is 0.254 e. The minimum absolute atomic E-state index is 0.0256. The highest BCUT2D eigenvalue weighted by Crippen LogP contribution is 2.37. The van der Waals surface area contributed by atoms with Gasteiger partial charge in [-0.2, -0.15) is 5.10 Å². The number of hydrogen-bond donors (Lipinski definition) is 1. The Morgan fingerprint density at radius 2 is 1.55 bits per heavy atom. The van der Waals surface area contributed by atoms with Gasteiger partial charge in [-0.1, -0.05) is 18.2 Å². The predicted molar refractivity (Wildman–Crippen MR) is 118 cm³/mol. The average Bonchev–Trinajstić information content (AvgIpc) is 3.49. The molecule has 7 heteroatoms. The monoisotopic (exact) mass is 418 g/mol. The second kappa shape index (κ2) is 7.20. The Kier molecular flexibility index (Phi) is 4.59. The van der Waals surface area contributed by atoms with E-state index in [2.05, 4.69) is 23.3 Å². The third-order valence-electron chi connectivity index (χ3n) is 6.48. The van der Waals surface area contributed by atoms with Gasteiger partial charge in [0, 0.05) is 44.2 Å². The molecule has 1 aliphatic carbocycles. The highest BCUT2D eigenvalue weighted by molar-refractivity contribution is 5.95. The number of carbonyl (C=O) groups excluding carboxylic acids is 2. The van der Waals surface area contributed by atoms with Gasteiger partial charge < -0.3 is 14.9 Å². The zero-order chi connectivity index (χ0) is 21.8. The van der Waals surface area contributed by atoms with Crippen LogP contribution in [-0.2, 0) is 11.8 Å². The van der Waals surface area contributed by atoms with E-state index >= 15 is 0 Å². The van der Waals surface area contributed by atoms with E-state index in [0.717, 1.165) is 27.7 Å². The van der Waals surface area contributed by atoms with Crippen molar-refractivity contribution >= 4 is 22.7 Å². The first-order valence-corrected chi connectivity index (χ1v) is 10.7. The second-order valence-electron chi connectivity index (χ2n) is 8.63. The minimum atomic E-state index is -1.14. The van der Waals surface area contributed by atoms with Crippen molar-refractivity contribution in [3.05, 3.63) is 53.7 Å². The highest BCUT2D eigenvalue weighted by atomic mass is 16.3. The summed E-state index contributed by atoms with van der Waals surface area (Å²) >= 11 is 0. The minimum Gasteiger partial charge on any atom is -0.380 e. The van der Waals surface area contributed by atoms with Crippen LogP contribution >= 0.6 is 0 Å². The number of carbonyl (C=O) groups is 2. The Morgan fingerprint density at radius 1 is 0.935 bits per heavy atom. The summed E-state index contributed by atoms with van der Waals surface area (Å²) in [4.78, 5) is 28.6. The molecule has 31 heavy (non-hydrogen) atoms. The molecule has 2 aliphatic rings. The lowest BCUT2D eigenvalue weighted by atomic mass is 10.0. The Labute approximate surface area is 180 Å². The Balaban J connectivity index is 1.27.